The Morgan fingerprint density at radius 2 is 1.32 bits per heavy atom. The number of para-hydroxylation sites is 5. The molecule has 0 radical (unpaired) electrons. The van der Waals surface area contributed by atoms with E-state index >= 15 is 0 Å². The summed E-state index contributed by atoms with van der Waals surface area (Å²) in [6.07, 6.45) is 1.89. The average molecular weight is 644 g/mol. The summed E-state index contributed by atoms with van der Waals surface area (Å²) >= 11 is 0. The van der Waals surface area contributed by atoms with Gasteiger partial charge in [0.05, 0.1) is 22.2 Å². The number of H-pyrrole nitrogens is 1. The van der Waals surface area contributed by atoms with E-state index in [0.717, 1.165) is 67.5 Å². The molecule has 0 bridgehead atoms. The first-order chi connectivity index (χ1) is 24.6. The topological polar surface area (TPSA) is 49.7 Å². The number of anilines is 3. The van der Waals surface area contributed by atoms with Crippen molar-refractivity contribution in [2.24, 2.45) is 0 Å². The van der Waals surface area contributed by atoms with Gasteiger partial charge in [0.15, 0.2) is 0 Å². The second kappa shape index (κ2) is 10.8. The quantitative estimate of drug-likeness (QED) is 0.208. The van der Waals surface area contributed by atoms with Gasteiger partial charge < -0.3 is 4.98 Å². The third-order valence-electron chi connectivity index (χ3n) is 10.4. The van der Waals surface area contributed by atoms with Crippen LogP contribution in [0.15, 0.2) is 158 Å². The van der Waals surface area contributed by atoms with E-state index in [4.69, 9.17) is 9.97 Å². The number of nitrogens with one attached hydrogen (secondary N) is 1. The summed E-state index contributed by atoms with van der Waals surface area (Å²) in [5, 5.41) is 2.40. The van der Waals surface area contributed by atoms with Crippen LogP contribution in [0.1, 0.15) is 25.0 Å². The molecule has 9 aromatic rings. The van der Waals surface area contributed by atoms with Crippen LogP contribution in [0.25, 0.3) is 61.0 Å². The van der Waals surface area contributed by atoms with Gasteiger partial charge in [-0.1, -0.05) is 111 Å². The Morgan fingerprint density at radius 1 is 0.600 bits per heavy atom. The first-order valence-corrected chi connectivity index (χ1v) is 17.1. The Kier molecular flexibility index (Phi) is 6.15. The second-order valence-electron chi connectivity index (χ2n) is 13.6. The van der Waals surface area contributed by atoms with Crippen LogP contribution >= 0.6 is 0 Å². The lowest BCUT2D eigenvalue weighted by molar-refractivity contribution is 0.627. The van der Waals surface area contributed by atoms with Crippen molar-refractivity contribution in [2.45, 2.75) is 19.3 Å². The molecule has 4 heterocycles. The van der Waals surface area contributed by atoms with E-state index < -0.39 is 0 Å². The van der Waals surface area contributed by atoms with Gasteiger partial charge in [0.1, 0.15) is 11.6 Å². The van der Waals surface area contributed by atoms with Crippen LogP contribution in [0.3, 0.4) is 0 Å². The van der Waals surface area contributed by atoms with Gasteiger partial charge in [0.25, 0.3) is 0 Å². The van der Waals surface area contributed by atoms with Gasteiger partial charge in [-0.3, -0.25) is 9.47 Å². The van der Waals surface area contributed by atoms with Crippen molar-refractivity contribution in [3.05, 3.63) is 169 Å². The normalized spacial score (nSPS) is 13.5. The summed E-state index contributed by atoms with van der Waals surface area (Å²) in [6.45, 7) is 4.58. The molecule has 3 aromatic heterocycles. The molecule has 0 spiro atoms. The Labute approximate surface area is 290 Å². The number of imidazole rings is 1. The summed E-state index contributed by atoms with van der Waals surface area (Å²) in [5.74, 6) is 1.87. The predicted molar refractivity (Wildman–Crippen MR) is 206 cm³/mol. The lowest BCUT2D eigenvalue weighted by Crippen LogP contribution is -2.31. The van der Waals surface area contributed by atoms with E-state index in [9.17, 15) is 0 Å². The van der Waals surface area contributed by atoms with Crippen molar-refractivity contribution in [1.82, 2.24) is 19.5 Å². The van der Waals surface area contributed by atoms with Crippen molar-refractivity contribution < 1.29 is 0 Å². The third kappa shape index (κ3) is 4.13. The highest BCUT2D eigenvalue weighted by Crippen LogP contribution is 2.51. The molecule has 0 saturated carbocycles. The molecule has 5 heteroatoms. The fourth-order valence-corrected chi connectivity index (χ4v) is 8.00. The Morgan fingerprint density at radius 3 is 2.24 bits per heavy atom. The summed E-state index contributed by atoms with van der Waals surface area (Å²) < 4.78 is 2.30. The van der Waals surface area contributed by atoms with Crippen LogP contribution in [-0.4, -0.2) is 19.5 Å². The number of pyridine rings is 1. The Bertz CT molecular complexity index is 2700. The maximum absolute atomic E-state index is 5.51. The van der Waals surface area contributed by atoms with Crippen LogP contribution < -0.4 is 4.90 Å². The number of nitrogens with zero attached hydrogens (tertiary/aromatic N) is 4. The van der Waals surface area contributed by atoms with Gasteiger partial charge in [-0.2, -0.15) is 0 Å². The monoisotopic (exact) mass is 643 g/mol. The first-order valence-electron chi connectivity index (χ1n) is 17.1. The Balaban J connectivity index is 1.20. The van der Waals surface area contributed by atoms with E-state index in [1.54, 1.807) is 0 Å². The first kappa shape index (κ1) is 28.5. The number of rotatable bonds is 4. The molecule has 1 aliphatic rings. The summed E-state index contributed by atoms with van der Waals surface area (Å²) in [5.41, 5.74) is 13.1. The zero-order valence-corrected chi connectivity index (χ0v) is 27.8. The number of hydrogen-bond acceptors (Lipinski definition) is 3. The molecule has 0 aliphatic carbocycles. The molecule has 5 nitrogen and oxygen atoms in total. The highest BCUT2D eigenvalue weighted by Gasteiger charge is 2.37. The smallest absolute Gasteiger partial charge is 0.147 e. The third-order valence-corrected chi connectivity index (χ3v) is 10.4. The molecule has 6 aromatic carbocycles. The molecule has 1 aliphatic heterocycles. The molecule has 0 saturated heterocycles. The molecule has 0 fully saturated rings. The number of aromatic nitrogens is 4. The molecule has 0 atom stereocenters. The zero-order chi connectivity index (χ0) is 33.4. The van der Waals surface area contributed by atoms with E-state index in [2.05, 4.69) is 174 Å². The average Bonchev–Trinajstić information content (AvgIpc) is 3.75. The van der Waals surface area contributed by atoms with Gasteiger partial charge in [-0.05, 0) is 65.7 Å². The minimum Gasteiger partial charge on any atom is -0.354 e. The van der Waals surface area contributed by atoms with E-state index in [-0.39, 0.29) is 5.41 Å². The SMILES string of the molecule is CC1(C)c2ccccc2N(c2cccc(-c3cccc4c3nc(-c3cccc5c3[nH]c3ccccc35)n4-c3ccccc3)c2)c2ncccc21. The van der Waals surface area contributed by atoms with Crippen LogP contribution in [0.5, 0.6) is 0 Å². The minimum absolute atomic E-state index is 0.172. The van der Waals surface area contributed by atoms with Crippen molar-refractivity contribution in [3.63, 3.8) is 0 Å². The molecule has 238 valence electrons. The second-order valence-corrected chi connectivity index (χ2v) is 13.6. The van der Waals surface area contributed by atoms with Crippen LogP contribution in [0.4, 0.5) is 17.2 Å². The summed E-state index contributed by atoms with van der Waals surface area (Å²) in [4.78, 5) is 16.5. The van der Waals surface area contributed by atoms with Crippen LogP contribution in [0, 0.1) is 0 Å². The van der Waals surface area contributed by atoms with E-state index in [0.29, 0.717) is 0 Å². The summed E-state index contributed by atoms with van der Waals surface area (Å²) in [6, 6.07) is 53.8. The van der Waals surface area contributed by atoms with Crippen LogP contribution in [0.2, 0.25) is 0 Å². The standard InChI is InChI=1S/C45H33N5/c1-45(2)36-22-7-9-25-39(36)50(44-37(45)23-13-27-46-44)31-17-10-14-29(28-31)32-19-12-26-40-42(32)48-43(49(40)30-15-4-3-5-16-30)35-21-11-20-34-33-18-6-8-24-38(33)47-41(34)35/h3-28,47H,1-2H3. The van der Waals surface area contributed by atoms with Gasteiger partial charge in [-0.15, -0.1) is 0 Å². The van der Waals surface area contributed by atoms with Gasteiger partial charge in [0, 0.05) is 56.0 Å². The highest BCUT2D eigenvalue weighted by atomic mass is 15.2. The molecule has 50 heavy (non-hydrogen) atoms. The fourth-order valence-electron chi connectivity index (χ4n) is 8.00. The fraction of sp³-hybridized carbons (Fsp3) is 0.0667. The van der Waals surface area contributed by atoms with Crippen molar-refractivity contribution in [1.29, 1.82) is 0 Å². The van der Waals surface area contributed by atoms with Gasteiger partial charge >= 0.3 is 0 Å². The van der Waals surface area contributed by atoms with Crippen molar-refractivity contribution in [2.75, 3.05) is 4.90 Å². The lowest BCUT2D eigenvalue weighted by atomic mass is 9.74. The van der Waals surface area contributed by atoms with Crippen molar-refractivity contribution in [3.8, 4) is 28.2 Å². The molecular weight excluding hydrogens is 611 g/mol. The predicted octanol–water partition coefficient (Wildman–Crippen LogP) is 11.5. The summed E-state index contributed by atoms with van der Waals surface area (Å²) in [7, 11) is 0. The Hall–Kier alpha value is -6.46. The molecule has 1 N–H and O–H groups in total. The number of aromatic amines is 1. The number of hydrogen-bond donors (Lipinski definition) is 1. The van der Waals surface area contributed by atoms with E-state index in [1.165, 1.54) is 21.9 Å². The molecule has 0 amide bonds. The van der Waals surface area contributed by atoms with Gasteiger partial charge in [0.2, 0.25) is 0 Å². The number of fused-ring (bicyclic) bond motifs is 6. The van der Waals surface area contributed by atoms with Gasteiger partial charge in [-0.25, -0.2) is 9.97 Å². The number of benzene rings is 6. The zero-order valence-electron chi connectivity index (χ0n) is 27.8. The molecule has 0 unspecified atom stereocenters. The lowest BCUT2D eigenvalue weighted by Gasteiger charge is -2.41. The maximum atomic E-state index is 5.51. The maximum Gasteiger partial charge on any atom is 0.147 e. The molecule has 10 rings (SSSR count). The van der Waals surface area contributed by atoms with Crippen molar-refractivity contribution >= 4 is 50.0 Å². The largest absolute Gasteiger partial charge is 0.354 e. The molecular formula is C45H33N5. The van der Waals surface area contributed by atoms with Crippen LogP contribution in [-0.2, 0) is 5.41 Å². The minimum atomic E-state index is -0.172. The van der Waals surface area contributed by atoms with E-state index in [1.807, 2.05) is 12.3 Å². The highest BCUT2D eigenvalue weighted by molar-refractivity contribution is 6.12.